The highest BCUT2D eigenvalue weighted by Crippen LogP contribution is 2.08. The van der Waals surface area contributed by atoms with E-state index in [4.69, 9.17) is 0 Å². The van der Waals surface area contributed by atoms with Crippen LogP contribution in [0.2, 0.25) is 0 Å². The number of carbonyl (C=O) groups excluding carboxylic acids is 1. The second kappa shape index (κ2) is 7.19. The second-order valence-corrected chi connectivity index (χ2v) is 4.72. The molecule has 0 radical (unpaired) electrons. The molecule has 21 heavy (non-hydrogen) atoms. The molecule has 1 amide bonds. The molecule has 2 aromatic rings. The predicted molar refractivity (Wildman–Crippen MR) is 84.4 cm³/mol. The van der Waals surface area contributed by atoms with Crippen LogP contribution < -0.4 is 10.7 Å². The molecule has 0 saturated carbocycles. The highest BCUT2D eigenvalue weighted by atomic mass is 16.2. The van der Waals surface area contributed by atoms with Gasteiger partial charge in [-0.2, -0.15) is 5.10 Å². The Balaban J connectivity index is 1.80. The van der Waals surface area contributed by atoms with Crippen molar-refractivity contribution < 1.29 is 4.79 Å². The van der Waals surface area contributed by atoms with E-state index in [-0.39, 0.29) is 12.5 Å². The zero-order valence-corrected chi connectivity index (χ0v) is 12.1. The van der Waals surface area contributed by atoms with Crippen molar-refractivity contribution in [1.29, 1.82) is 0 Å². The molecular formula is C16H18N4O. The smallest absolute Gasteiger partial charge is 0.259 e. The van der Waals surface area contributed by atoms with E-state index in [0.29, 0.717) is 5.69 Å². The molecule has 0 unspecified atom stereocenters. The summed E-state index contributed by atoms with van der Waals surface area (Å²) in [5.41, 5.74) is 6.14. The maximum atomic E-state index is 11.7. The van der Waals surface area contributed by atoms with Gasteiger partial charge in [0.1, 0.15) is 0 Å². The van der Waals surface area contributed by atoms with Crippen LogP contribution in [0.4, 0.5) is 5.69 Å². The van der Waals surface area contributed by atoms with Crippen LogP contribution in [0.5, 0.6) is 0 Å². The van der Waals surface area contributed by atoms with E-state index in [1.54, 1.807) is 0 Å². The summed E-state index contributed by atoms with van der Waals surface area (Å²) in [6.07, 6.45) is 1.53. The molecule has 0 aliphatic heterocycles. The van der Waals surface area contributed by atoms with Crippen molar-refractivity contribution in [2.75, 3.05) is 11.9 Å². The molecular weight excluding hydrogens is 264 g/mol. The van der Waals surface area contributed by atoms with Gasteiger partial charge < -0.3 is 5.32 Å². The normalized spacial score (nSPS) is 10.6. The number of aryl methyl sites for hydroxylation is 2. The fraction of sp³-hybridized carbons (Fsp3) is 0.188. The first-order valence-corrected chi connectivity index (χ1v) is 6.69. The van der Waals surface area contributed by atoms with Crippen LogP contribution in [-0.2, 0) is 4.79 Å². The number of nitrogens with one attached hydrogen (secondary N) is 2. The molecule has 0 fully saturated rings. The summed E-state index contributed by atoms with van der Waals surface area (Å²) in [5.74, 6) is -0.208. The minimum Gasteiger partial charge on any atom is -0.376 e. The number of aromatic nitrogens is 1. The molecule has 0 aliphatic rings. The molecule has 108 valence electrons. The summed E-state index contributed by atoms with van der Waals surface area (Å²) in [7, 11) is 0. The number of pyridine rings is 1. The molecule has 0 saturated heterocycles. The van der Waals surface area contributed by atoms with E-state index in [2.05, 4.69) is 20.8 Å². The number of anilines is 1. The summed E-state index contributed by atoms with van der Waals surface area (Å²) >= 11 is 0. The molecule has 5 heteroatoms. The van der Waals surface area contributed by atoms with Crippen LogP contribution in [-0.4, -0.2) is 23.7 Å². The van der Waals surface area contributed by atoms with Crippen molar-refractivity contribution in [1.82, 2.24) is 10.4 Å². The number of carbonyl (C=O) groups is 1. The van der Waals surface area contributed by atoms with E-state index in [0.717, 1.165) is 16.9 Å². The average molecular weight is 282 g/mol. The lowest BCUT2D eigenvalue weighted by Gasteiger charge is -2.05. The van der Waals surface area contributed by atoms with Gasteiger partial charge in [-0.3, -0.25) is 9.78 Å². The SMILES string of the molecule is Cc1cccc(NCC(=O)N/N=C\c2cccc(C)n2)c1. The van der Waals surface area contributed by atoms with Gasteiger partial charge in [0, 0.05) is 11.4 Å². The zero-order chi connectivity index (χ0) is 15.1. The monoisotopic (exact) mass is 282 g/mol. The van der Waals surface area contributed by atoms with Gasteiger partial charge in [0.15, 0.2) is 0 Å². The summed E-state index contributed by atoms with van der Waals surface area (Å²) in [6, 6.07) is 13.5. The molecule has 2 rings (SSSR count). The van der Waals surface area contributed by atoms with Crippen LogP contribution in [0.25, 0.3) is 0 Å². The summed E-state index contributed by atoms with van der Waals surface area (Å²) in [5, 5.41) is 6.93. The van der Waals surface area contributed by atoms with Crippen molar-refractivity contribution >= 4 is 17.8 Å². The minimum atomic E-state index is -0.208. The Morgan fingerprint density at radius 3 is 2.81 bits per heavy atom. The Kier molecular flexibility index (Phi) is 5.04. The van der Waals surface area contributed by atoms with Gasteiger partial charge in [-0.25, -0.2) is 5.43 Å². The van der Waals surface area contributed by atoms with Crippen LogP contribution >= 0.6 is 0 Å². The maximum Gasteiger partial charge on any atom is 0.259 e. The van der Waals surface area contributed by atoms with E-state index in [1.807, 2.05) is 56.3 Å². The van der Waals surface area contributed by atoms with Crippen LogP contribution in [0.1, 0.15) is 17.0 Å². The Morgan fingerprint density at radius 2 is 2.05 bits per heavy atom. The van der Waals surface area contributed by atoms with Gasteiger partial charge in [0.25, 0.3) is 5.91 Å². The molecule has 1 aromatic carbocycles. The molecule has 1 aromatic heterocycles. The van der Waals surface area contributed by atoms with Crippen LogP contribution in [0, 0.1) is 13.8 Å². The third kappa shape index (κ3) is 5.06. The lowest BCUT2D eigenvalue weighted by molar-refractivity contribution is -0.119. The van der Waals surface area contributed by atoms with Gasteiger partial charge in [-0.05, 0) is 43.7 Å². The first kappa shape index (κ1) is 14.7. The number of amides is 1. The number of nitrogens with zero attached hydrogens (tertiary/aromatic N) is 2. The predicted octanol–water partition coefficient (Wildman–Crippen LogP) is 2.26. The van der Waals surface area contributed by atoms with Gasteiger partial charge in [0.2, 0.25) is 0 Å². The van der Waals surface area contributed by atoms with Gasteiger partial charge >= 0.3 is 0 Å². The molecule has 2 N–H and O–H groups in total. The molecule has 0 aliphatic carbocycles. The molecule has 0 bridgehead atoms. The zero-order valence-electron chi connectivity index (χ0n) is 12.1. The van der Waals surface area contributed by atoms with E-state index in [9.17, 15) is 4.79 Å². The van der Waals surface area contributed by atoms with E-state index < -0.39 is 0 Å². The number of hydrazone groups is 1. The largest absolute Gasteiger partial charge is 0.376 e. The van der Waals surface area contributed by atoms with Crippen molar-refractivity contribution in [3.8, 4) is 0 Å². The van der Waals surface area contributed by atoms with Gasteiger partial charge in [-0.15, -0.1) is 0 Å². The maximum absolute atomic E-state index is 11.7. The molecule has 0 spiro atoms. The average Bonchev–Trinajstić information content (AvgIpc) is 2.45. The van der Waals surface area contributed by atoms with Gasteiger partial charge in [0.05, 0.1) is 18.5 Å². The Hall–Kier alpha value is -2.69. The first-order valence-electron chi connectivity index (χ1n) is 6.69. The van der Waals surface area contributed by atoms with Crippen molar-refractivity contribution in [3.63, 3.8) is 0 Å². The Labute approximate surface area is 124 Å². The topological polar surface area (TPSA) is 66.4 Å². The van der Waals surface area contributed by atoms with Crippen LogP contribution in [0.15, 0.2) is 47.6 Å². The number of benzene rings is 1. The summed E-state index contributed by atoms with van der Waals surface area (Å²) in [6.45, 7) is 4.08. The number of hydrogen-bond donors (Lipinski definition) is 2. The Morgan fingerprint density at radius 1 is 1.24 bits per heavy atom. The standard InChI is InChI=1S/C16H18N4O/c1-12-5-3-7-14(9-12)17-11-16(21)20-18-10-15-8-4-6-13(2)19-15/h3-10,17H,11H2,1-2H3,(H,20,21)/b18-10-. The molecule has 5 nitrogen and oxygen atoms in total. The van der Waals surface area contributed by atoms with Crippen molar-refractivity contribution in [2.24, 2.45) is 5.10 Å². The lowest BCUT2D eigenvalue weighted by atomic mass is 10.2. The molecule has 0 atom stereocenters. The van der Waals surface area contributed by atoms with Gasteiger partial charge in [-0.1, -0.05) is 18.2 Å². The summed E-state index contributed by atoms with van der Waals surface area (Å²) < 4.78 is 0. The highest BCUT2D eigenvalue weighted by molar-refractivity contribution is 5.83. The third-order valence-corrected chi connectivity index (χ3v) is 2.77. The number of hydrogen-bond acceptors (Lipinski definition) is 4. The quantitative estimate of drug-likeness (QED) is 0.653. The lowest BCUT2D eigenvalue weighted by Crippen LogP contribution is -2.25. The van der Waals surface area contributed by atoms with E-state index >= 15 is 0 Å². The first-order chi connectivity index (χ1) is 10.1. The van der Waals surface area contributed by atoms with E-state index in [1.165, 1.54) is 6.21 Å². The second-order valence-electron chi connectivity index (χ2n) is 4.72. The highest BCUT2D eigenvalue weighted by Gasteiger charge is 1.99. The van der Waals surface area contributed by atoms with Crippen LogP contribution in [0.3, 0.4) is 0 Å². The third-order valence-electron chi connectivity index (χ3n) is 2.77. The Bertz CT molecular complexity index is 652. The summed E-state index contributed by atoms with van der Waals surface area (Å²) in [4.78, 5) is 15.9. The minimum absolute atomic E-state index is 0.169. The van der Waals surface area contributed by atoms with Crippen molar-refractivity contribution in [2.45, 2.75) is 13.8 Å². The number of rotatable bonds is 5. The fourth-order valence-corrected chi connectivity index (χ4v) is 1.78. The van der Waals surface area contributed by atoms with Crippen molar-refractivity contribution in [3.05, 3.63) is 59.4 Å². The molecule has 1 heterocycles. The fourth-order valence-electron chi connectivity index (χ4n) is 1.78.